The van der Waals surface area contributed by atoms with E-state index < -0.39 is 0 Å². The molecule has 4 aromatic rings. The standard InChI is InChI=1S/C30H32N4O3/c1-22-8-6-11-28(23(22)2)32-29(35)21-33(18-19-37-3)30(36)27-10-5-4-9-26(27)25-14-12-24(13-15-25)20-34-17-7-16-31-34/h4-17H,18-21H2,1-3H3,(H,32,35). The summed E-state index contributed by atoms with van der Waals surface area (Å²) in [6.07, 6.45) is 3.68. The Morgan fingerprint density at radius 1 is 0.973 bits per heavy atom. The molecule has 7 nitrogen and oxygen atoms in total. The van der Waals surface area contributed by atoms with Gasteiger partial charge < -0.3 is 15.0 Å². The van der Waals surface area contributed by atoms with Gasteiger partial charge in [-0.1, -0.05) is 54.6 Å². The lowest BCUT2D eigenvalue weighted by molar-refractivity contribution is -0.117. The van der Waals surface area contributed by atoms with E-state index in [9.17, 15) is 9.59 Å². The minimum atomic E-state index is -0.251. The average molecular weight is 497 g/mol. The topological polar surface area (TPSA) is 76.5 Å². The molecule has 0 atom stereocenters. The highest BCUT2D eigenvalue weighted by Gasteiger charge is 2.22. The molecule has 190 valence electrons. The number of aromatic nitrogens is 2. The molecule has 1 aromatic heterocycles. The maximum absolute atomic E-state index is 13.7. The van der Waals surface area contributed by atoms with E-state index in [1.807, 2.05) is 91.5 Å². The van der Waals surface area contributed by atoms with E-state index in [4.69, 9.17) is 4.74 Å². The van der Waals surface area contributed by atoms with Gasteiger partial charge in [-0.05, 0) is 59.9 Å². The molecule has 4 rings (SSSR count). The lowest BCUT2D eigenvalue weighted by Crippen LogP contribution is -2.40. The van der Waals surface area contributed by atoms with Crippen molar-refractivity contribution in [1.29, 1.82) is 0 Å². The molecule has 0 bridgehead atoms. The number of amides is 2. The molecule has 0 unspecified atom stereocenters. The van der Waals surface area contributed by atoms with Crippen molar-refractivity contribution in [2.45, 2.75) is 20.4 Å². The van der Waals surface area contributed by atoms with Crippen LogP contribution in [0.1, 0.15) is 27.0 Å². The van der Waals surface area contributed by atoms with Gasteiger partial charge in [0.2, 0.25) is 5.91 Å². The van der Waals surface area contributed by atoms with Crippen LogP contribution in [0.25, 0.3) is 11.1 Å². The first-order valence-electron chi connectivity index (χ1n) is 12.3. The fraction of sp³-hybridized carbons (Fsp3) is 0.233. The summed E-state index contributed by atoms with van der Waals surface area (Å²) in [5, 5.41) is 7.21. The minimum absolute atomic E-state index is 0.0767. The molecule has 7 heteroatoms. The van der Waals surface area contributed by atoms with Gasteiger partial charge in [0, 0.05) is 37.3 Å². The summed E-state index contributed by atoms with van der Waals surface area (Å²) in [5.41, 5.74) is 6.25. The molecule has 2 amide bonds. The van der Waals surface area contributed by atoms with Crippen LogP contribution >= 0.6 is 0 Å². The summed E-state index contributed by atoms with van der Waals surface area (Å²) in [4.78, 5) is 28.2. The quantitative estimate of drug-likeness (QED) is 0.337. The van der Waals surface area contributed by atoms with Crippen LogP contribution in [-0.2, 0) is 16.1 Å². The number of methoxy groups -OCH3 is 1. The molecule has 37 heavy (non-hydrogen) atoms. The summed E-state index contributed by atoms with van der Waals surface area (Å²) in [7, 11) is 1.58. The normalized spacial score (nSPS) is 10.8. The van der Waals surface area contributed by atoms with Crippen molar-refractivity contribution in [2.24, 2.45) is 0 Å². The number of nitrogens with zero attached hydrogens (tertiary/aromatic N) is 3. The van der Waals surface area contributed by atoms with Crippen LogP contribution in [0.4, 0.5) is 5.69 Å². The number of carbonyl (C=O) groups is 2. The molecule has 1 N–H and O–H groups in total. The van der Waals surface area contributed by atoms with Gasteiger partial charge in [-0.25, -0.2) is 0 Å². The van der Waals surface area contributed by atoms with E-state index in [-0.39, 0.29) is 18.4 Å². The Morgan fingerprint density at radius 2 is 1.76 bits per heavy atom. The van der Waals surface area contributed by atoms with Gasteiger partial charge in [0.15, 0.2) is 0 Å². The van der Waals surface area contributed by atoms with Gasteiger partial charge >= 0.3 is 0 Å². The van der Waals surface area contributed by atoms with E-state index >= 15 is 0 Å². The zero-order chi connectivity index (χ0) is 26.2. The van der Waals surface area contributed by atoms with Crippen molar-refractivity contribution in [3.8, 4) is 11.1 Å². The molecule has 0 spiro atoms. The maximum Gasteiger partial charge on any atom is 0.255 e. The van der Waals surface area contributed by atoms with E-state index in [0.717, 1.165) is 33.5 Å². The van der Waals surface area contributed by atoms with Crippen molar-refractivity contribution < 1.29 is 14.3 Å². The highest BCUT2D eigenvalue weighted by molar-refractivity contribution is 6.03. The van der Waals surface area contributed by atoms with Crippen molar-refractivity contribution in [2.75, 3.05) is 32.1 Å². The average Bonchev–Trinajstić information content (AvgIpc) is 3.42. The molecule has 0 aliphatic carbocycles. The van der Waals surface area contributed by atoms with Crippen molar-refractivity contribution in [3.63, 3.8) is 0 Å². The van der Waals surface area contributed by atoms with E-state index in [0.29, 0.717) is 25.3 Å². The van der Waals surface area contributed by atoms with E-state index in [1.54, 1.807) is 19.4 Å². The largest absolute Gasteiger partial charge is 0.383 e. The molecular formula is C30H32N4O3. The van der Waals surface area contributed by atoms with Crippen LogP contribution in [0.3, 0.4) is 0 Å². The second kappa shape index (κ2) is 12.1. The van der Waals surface area contributed by atoms with Gasteiger partial charge in [0.25, 0.3) is 5.91 Å². The summed E-state index contributed by atoms with van der Waals surface area (Å²) in [5.74, 6) is -0.469. The number of anilines is 1. The third-order valence-corrected chi connectivity index (χ3v) is 6.39. The zero-order valence-corrected chi connectivity index (χ0v) is 21.5. The third-order valence-electron chi connectivity index (χ3n) is 6.39. The van der Waals surface area contributed by atoms with E-state index in [2.05, 4.69) is 10.4 Å². The van der Waals surface area contributed by atoms with Gasteiger partial charge in [0.1, 0.15) is 6.54 Å². The molecule has 1 heterocycles. The van der Waals surface area contributed by atoms with Crippen LogP contribution in [0.2, 0.25) is 0 Å². The van der Waals surface area contributed by atoms with Crippen molar-refractivity contribution in [1.82, 2.24) is 14.7 Å². The number of hydrogen-bond acceptors (Lipinski definition) is 4. The van der Waals surface area contributed by atoms with Crippen molar-refractivity contribution >= 4 is 17.5 Å². The molecule has 0 radical (unpaired) electrons. The number of carbonyl (C=O) groups excluding carboxylic acids is 2. The number of nitrogens with one attached hydrogen (secondary N) is 1. The smallest absolute Gasteiger partial charge is 0.255 e. The molecular weight excluding hydrogens is 464 g/mol. The fourth-order valence-corrected chi connectivity index (χ4v) is 4.17. The number of hydrogen-bond donors (Lipinski definition) is 1. The van der Waals surface area contributed by atoms with Crippen LogP contribution in [0.15, 0.2) is 85.2 Å². The fourth-order valence-electron chi connectivity index (χ4n) is 4.17. The summed E-state index contributed by atoms with van der Waals surface area (Å²) in [6.45, 7) is 5.19. The Kier molecular flexibility index (Phi) is 8.48. The lowest BCUT2D eigenvalue weighted by atomic mass is 9.97. The van der Waals surface area contributed by atoms with Crippen LogP contribution in [-0.4, -0.2) is 53.3 Å². The Bertz CT molecular complexity index is 1350. The molecule has 0 aliphatic rings. The van der Waals surface area contributed by atoms with Gasteiger partial charge in [-0.15, -0.1) is 0 Å². The van der Waals surface area contributed by atoms with Gasteiger partial charge in [-0.3, -0.25) is 14.3 Å². The second-order valence-corrected chi connectivity index (χ2v) is 8.96. The number of aryl methyl sites for hydroxylation is 1. The van der Waals surface area contributed by atoms with Gasteiger partial charge in [-0.2, -0.15) is 5.10 Å². The first kappa shape index (κ1) is 25.9. The van der Waals surface area contributed by atoms with Gasteiger partial charge in [0.05, 0.1) is 13.2 Å². The molecule has 0 saturated heterocycles. The van der Waals surface area contributed by atoms with Crippen molar-refractivity contribution in [3.05, 3.63) is 107 Å². The SMILES string of the molecule is COCCN(CC(=O)Nc1cccc(C)c1C)C(=O)c1ccccc1-c1ccc(Cn2cccn2)cc1. The van der Waals surface area contributed by atoms with E-state index in [1.165, 1.54) is 4.90 Å². The lowest BCUT2D eigenvalue weighted by Gasteiger charge is -2.23. The Morgan fingerprint density at radius 3 is 2.49 bits per heavy atom. The minimum Gasteiger partial charge on any atom is -0.383 e. The molecule has 0 saturated carbocycles. The maximum atomic E-state index is 13.7. The number of rotatable bonds is 10. The number of benzene rings is 3. The first-order chi connectivity index (χ1) is 18.0. The summed E-state index contributed by atoms with van der Waals surface area (Å²) >= 11 is 0. The van der Waals surface area contributed by atoms with Crippen LogP contribution in [0.5, 0.6) is 0 Å². The first-order valence-corrected chi connectivity index (χ1v) is 12.3. The third kappa shape index (κ3) is 6.51. The molecule has 0 fully saturated rings. The Hall–Kier alpha value is -4.23. The zero-order valence-electron chi connectivity index (χ0n) is 21.5. The Labute approximate surface area is 217 Å². The summed E-state index contributed by atoms with van der Waals surface area (Å²) < 4.78 is 7.10. The highest BCUT2D eigenvalue weighted by Crippen LogP contribution is 2.26. The number of ether oxygens (including phenoxy) is 1. The second-order valence-electron chi connectivity index (χ2n) is 8.96. The monoisotopic (exact) mass is 496 g/mol. The molecule has 3 aromatic carbocycles. The molecule has 0 aliphatic heterocycles. The highest BCUT2D eigenvalue weighted by atomic mass is 16.5. The summed E-state index contributed by atoms with van der Waals surface area (Å²) in [6, 6.07) is 23.3. The van der Waals surface area contributed by atoms with Crippen LogP contribution < -0.4 is 5.32 Å². The predicted molar refractivity (Wildman–Crippen MR) is 146 cm³/mol. The Balaban J connectivity index is 1.54. The predicted octanol–water partition coefficient (Wildman–Crippen LogP) is 4.94. The van der Waals surface area contributed by atoms with Crippen LogP contribution in [0, 0.1) is 13.8 Å².